The Morgan fingerprint density at radius 2 is 2.00 bits per heavy atom. The smallest absolute Gasteiger partial charge is 0.274 e. The maximum absolute atomic E-state index is 12.0. The molecule has 8 heteroatoms. The van der Waals surface area contributed by atoms with E-state index in [9.17, 15) is 4.79 Å². The van der Waals surface area contributed by atoms with Gasteiger partial charge in [-0.15, -0.1) is 0 Å². The molecule has 1 N–H and O–H groups in total. The first-order valence-electron chi connectivity index (χ1n) is 8.14. The summed E-state index contributed by atoms with van der Waals surface area (Å²) in [5.74, 6) is 0.313. The van der Waals surface area contributed by atoms with Crippen LogP contribution in [0.3, 0.4) is 0 Å². The van der Waals surface area contributed by atoms with E-state index < -0.39 is 5.91 Å². The molecule has 0 saturated carbocycles. The van der Waals surface area contributed by atoms with Crippen LogP contribution in [0.15, 0.2) is 65.9 Å². The monoisotopic (exact) mass is 525 g/mol. The molecule has 0 bridgehead atoms. The summed E-state index contributed by atoms with van der Waals surface area (Å²) in [6, 6.07) is 16.4. The van der Waals surface area contributed by atoms with E-state index in [0.29, 0.717) is 11.6 Å². The highest BCUT2D eigenvalue weighted by atomic mass is 127. The molecule has 5 nitrogen and oxygen atoms in total. The molecule has 0 fully saturated rings. The zero-order valence-electron chi connectivity index (χ0n) is 14.4. The van der Waals surface area contributed by atoms with Gasteiger partial charge in [-0.25, -0.2) is 10.4 Å². The number of amides is 1. The van der Waals surface area contributed by atoms with Crippen molar-refractivity contribution in [3.05, 3.63) is 91.2 Å². The van der Waals surface area contributed by atoms with Crippen molar-refractivity contribution in [3.63, 3.8) is 0 Å². The number of nitrogens with one attached hydrogen (secondary N) is 1. The Hall–Kier alpha value is -2.16. The van der Waals surface area contributed by atoms with Crippen LogP contribution in [0.2, 0.25) is 10.2 Å². The molecule has 1 aromatic heterocycles. The van der Waals surface area contributed by atoms with Crippen molar-refractivity contribution in [2.45, 2.75) is 6.61 Å². The predicted molar refractivity (Wildman–Crippen MR) is 119 cm³/mol. The maximum atomic E-state index is 12.0. The van der Waals surface area contributed by atoms with Gasteiger partial charge < -0.3 is 4.74 Å². The summed E-state index contributed by atoms with van der Waals surface area (Å²) in [6.45, 7) is 0.380. The normalized spacial score (nSPS) is 10.8. The largest absolute Gasteiger partial charge is 0.488 e. The third-order valence-electron chi connectivity index (χ3n) is 3.68. The van der Waals surface area contributed by atoms with E-state index in [1.807, 2.05) is 42.5 Å². The third kappa shape index (κ3) is 5.43. The molecular weight excluding hydrogens is 512 g/mol. The number of nitrogens with zero attached hydrogens (tertiary/aromatic N) is 2. The summed E-state index contributed by atoms with van der Waals surface area (Å²) < 4.78 is 6.76. The van der Waals surface area contributed by atoms with E-state index >= 15 is 0 Å². The van der Waals surface area contributed by atoms with E-state index in [1.165, 1.54) is 6.20 Å². The van der Waals surface area contributed by atoms with Gasteiger partial charge in [0, 0.05) is 16.8 Å². The Morgan fingerprint density at radius 3 is 2.75 bits per heavy atom. The number of ether oxygens (including phenoxy) is 1. The van der Waals surface area contributed by atoms with Crippen LogP contribution >= 0.6 is 45.8 Å². The second kappa shape index (κ2) is 9.86. The summed E-state index contributed by atoms with van der Waals surface area (Å²) in [5, 5.41) is 4.76. The second-order valence-electron chi connectivity index (χ2n) is 5.61. The molecule has 2 aromatic carbocycles. The average Bonchev–Trinajstić information content (AvgIpc) is 2.69. The third-order valence-corrected chi connectivity index (χ3v) is 5.19. The fourth-order valence-electron chi connectivity index (χ4n) is 2.27. The molecular formula is C20H14Cl2IN3O2. The number of benzene rings is 2. The average molecular weight is 526 g/mol. The first-order chi connectivity index (χ1) is 13.5. The lowest BCUT2D eigenvalue weighted by Crippen LogP contribution is -2.18. The van der Waals surface area contributed by atoms with Crippen LogP contribution in [-0.4, -0.2) is 17.1 Å². The van der Waals surface area contributed by atoms with E-state index in [1.54, 1.807) is 18.3 Å². The summed E-state index contributed by atoms with van der Waals surface area (Å²) in [7, 11) is 0. The Labute approximate surface area is 185 Å². The first kappa shape index (κ1) is 20.6. The minimum absolute atomic E-state index is 0.129. The van der Waals surface area contributed by atoms with Crippen LogP contribution in [0.5, 0.6) is 5.75 Å². The van der Waals surface area contributed by atoms with Gasteiger partial charge in [-0.3, -0.25) is 4.79 Å². The SMILES string of the molecule is O=C(NN=Cc1ccc(OCc2ccccc2Cl)c(I)c1)c1cccnc1Cl. The summed E-state index contributed by atoms with van der Waals surface area (Å²) in [6.07, 6.45) is 3.06. The van der Waals surface area contributed by atoms with Crippen LogP contribution in [-0.2, 0) is 6.61 Å². The standard InChI is InChI=1S/C20H14Cl2IN3O2/c21-16-6-2-1-4-14(16)12-28-18-8-7-13(10-17(18)23)11-25-26-20(27)15-5-3-9-24-19(15)22/h1-11H,12H2,(H,26,27). The van der Waals surface area contributed by atoms with E-state index in [0.717, 1.165) is 20.4 Å². The number of rotatable bonds is 6. The fraction of sp³-hybridized carbons (Fsp3) is 0.0500. The van der Waals surface area contributed by atoms with Crippen LogP contribution in [0.25, 0.3) is 0 Å². The molecule has 1 heterocycles. The topological polar surface area (TPSA) is 63.6 Å². The molecule has 1 amide bonds. The van der Waals surface area contributed by atoms with Crippen molar-refractivity contribution in [3.8, 4) is 5.75 Å². The van der Waals surface area contributed by atoms with E-state index in [4.69, 9.17) is 27.9 Å². The molecule has 142 valence electrons. The number of hydrazone groups is 1. The number of carbonyl (C=O) groups is 1. The number of pyridine rings is 1. The van der Waals surface area contributed by atoms with Gasteiger partial charge in [0.05, 0.1) is 15.3 Å². The molecule has 0 spiro atoms. The van der Waals surface area contributed by atoms with Gasteiger partial charge in [-0.2, -0.15) is 5.10 Å². The molecule has 3 aromatic rings. The highest BCUT2D eigenvalue weighted by Gasteiger charge is 2.09. The van der Waals surface area contributed by atoms with Gasteiger partial charge in [-0.05, 0) is 64.6 Å². The Bertz CT molecular complexity index is 1030. The van der Waals surface area contributed by atoms with E-state index in [2.05, 4.69) is 38.1 Å². The van der Waals surface area contributed by atoms with E-state index in [-0.39, 0.29) is 10.7 Å². The summed E-state index contributed by atoms with van der Waals surface area (Å²) >= 11 is 14.2. The van der Waals surface area contributed by atoms with Crippen LogP contribution < -0.4 is 10.2 Å². The van der Waals surface area contributed by atoms with Gasteiger partial charge in [0.1, 0.15) is 17.5 Å². The molecule has 0 aliphatic heterocycles. The van der Waals surface area contributed by atoms with Crippen molar-refractivity contribution >= 4 is 57.9 Å². The van der Waals surface area contributed by atoms with Gasteiger partial charge in [-0.1, -0.05) is 41.4 Å². The molecule has 0 atom stereocenters. The number of aromatic nitrogens is 1. The lowest BCUT2D eigenvalue weighted by molar-refractivity contribution is 0.0955. The van der Waals surface area contributed by atoms with Crippen molar-refractivity contribution in [1.82, 2.24) is 10.4 Å². The lowest BCUT2D eigenvalue weighted by atomic mass is 10.2. The number of hydrogen-bond donors (Lipinski definition) is 1. The second-order valence-corrected chi connectivity index (χ2v) is 7.54. The minimum atomic E-state index is -0.427. The quantitative estimate of drug-likeness (QED) is 0.204. The Morgan fingerprint density at radius 1 is 1.18 bits per heavy atom. The summed E-state index contributed by atoms with van der Waals surface area (Å²) in [4.78, 5) is 15.9. The zero-order chi connectivity index (χ0) is 19.9. The molecule has 3 rings (SSSR count). The number of hydrogen-bond acceptors (Lipinski definition) is 4. The molecule has 0 radical (unpaired) electrons. The zero-order valence-corrected chi connectivity index (χ0v) is 18.1. The van der Waals surface area contributed by atoms with Crippen LogP contribution in [0.1, 0.15) is 21.5 Å². The lowest BCUT2D eigenvalue weighted by Gasteiger charge is -2.10. The van der Waals surface area contributed by atoms with Crippen molar-refractivity contribution in [2.75, 3.05) is 0 Å². The Kier molecular flexibility index (Phi) is 7.24. The van der Waals surface area contributed by atoms with Gasteiger partial charge >= 0.3 is 0 Å². The molecule has 0 saturated heterocycles. The molecule has 0 aliphatic carbocycles. The van der Waals surface area contributed by atoms with Crippen molar-refractivity contribution < 1.29 is 9.53 Å². The fourth-order valence-corrected chi connectivity index (χ4v) is 3.36. The Balaban J connectivity index is 1.61. The molecule has 28 heavy (non-hydrogen) atoms. The predicted octanol–water partition coefficient (Wildman–Crippen LogP) is 5.34. The minimum Gasteiger partial charge on any atom is -0.488 e. The van der Waals surface area contributed by atoms with Crippen LogP contribution in [0, 0.1) is 3.57 Å². The summed E-state index contributed by atoms with van der Waals surface area (Å²) in [5.41, 5.74) is 4.43. The number of carbonyl (C=O) groups excluding carboxylic acids is 1. The molecule has 0 aliphatic rings. The van der Waals surface area contributed by atoms with Crippen molar-refractivity contribution in [2.24, 2.45) is 5.10 Å². The van der Waals surface area contributed by atoms with Crippen molar-refractivity contribution in [1.29, 1.82) is 0 Å². The first-order valence-corrected chi connectivity index (χ1v) is 9.98. The maximum Gasteiger partial charge on any atom is 0.274 e. The van der Waals surface area contributed by atoms with Crippen LogP contribution in [0.4, 0.5) is 0 Å². The highest BCUT2D eigenvalue weighted by molar-refractivity contribution is 14.1. The van der Waals surface area contributed by atoms with Gasteiger partial charge in [0.25, 0.3) is 5.91 Å². The highest BCUT2D eigenvalue weighted by Crippen LogP contribution is 2.24. The number of halogens is 3. The molecule has 0 unspecified atom stereocenters. The van der Waals surface area contributed by atoms with Gasteiger partial charge in [0.15, 0.2) is 0 Å². The van der Waals surface area contributed by atoms with Gasteiger partial charge in [0.2, 0.25) is 0 Å².